The van der Waals surface area contributed by atoms with Gasteiger partial charge in [-0.2, -0.15) is 5.26 Å². The van der Waals surface area contributed by atoms with E-state index < -0.39 is 5.82 Å². The van der Waals surface area contributed by atoms with E-state index in [1.807, 2.05) is 30.3 Å². The summed E-state index contributed by atoms with van der Waals surface area (Å²) < 4.78 is 15.3. The molecule has 0 aliphatic heterocycles. The van der Waals surface area contributed by atoms with Gasteiger partial charge in [0.15, 0.2) is 0 Å². The first-order chi connectivity index (χ1) is 8.81. The van der Waals surface area contributed by atoms with Gasteiger partial charge in [0.25, 0.3) is 0 Å². The van der Waals surface area contributed by atoms with E-state index >= 15 is 0 Å². The molecule has 86 valence electrons. The van der Waals surface area contributed by atoms with Crippen LogP contribution in [0, 0.1) is 17.1 Å². The maximum Gasteiger partial charge on any atom is 0.143 e. The van der Waals surface area contributed by atoms with Crippen molar-refractivity contribution in [3.8, 4) is 11.8 Å². The molecule has 1 aromatic heterocycles. The molecule has 0 aliphatic rings. The molecule has 0 bridgehead atoms. The van der Waals surface area contributed by atoms with Crippen molar-refractivity contribution in [2.45, 2.75) is 0 Å². The molecule has 3 nitrogen and oxygen atoms in total. The summed E-state index contributed by atoms with van der Waals surface area (Å²) in [5.74, 6) is -0.521. The quantitative estimate of drug-likeness (QED) is 0.652. The lowest BCUT2D eigenvalue weighted by Crippen LogP contribution is -1.98. The molecule has 3 aromatic rings. The van der Waals surface area contributed by atoms with Gasteiger partial charge in [-0.15, -0.1) is 0 Å². The molecule has 0 saturated heterocycles. The Bertz CT molecular complexity index is 768. The van der Waals surface area contributed by atoms with Gasteiger partial charge in [0.1, 0.15) is 23.8 Å². The van der Waals surface area contributed by atoms with Gasteiger partial charge in [-0.3, -0.25) is 4.57 Å². The SMILES string of the molecule is N#Cc1c(F)cccc1-n1cnc2ccccc21. The largest absolute Gasteiger partial charge is 0.297 e. The minimum Gasteiger partial charge on any atom is -0.297 e. The van der Waals surface area contributed by atoms with Crippen LogP contribution in [0.15, 0.2) is 48.8 Å². The third-order valence-corrected chi connectivity index (χ3v) is 2.82. The number of rotatable bonds is 1. The fourth-order valence-electron chi connectivity index (χ4n) is 1.98. The minimum atomic E-state index is -0.521. The Balaban J connectivity index is 2.34. The monoisotopic (exact) mass is 237 g/mol. The van der Waals surface area contributed by atoms with E-state index in [4.69, 9.17) is 5.26 Å². The zero-order chi connectivity index (χ0) is 12.5. The minimum absolute atomic E-state index is 0.0284. The van der Waals surface area contributed by atoms with E-state index in [2.05, 4.69) is 4.98 Å². The molecular weight excluding hydrogens is 229 g/mol. The van der Waals surface area contributed by atoms with Gasteiger partial charge < -0.3 is 0 Å². The van der Waals surface area contributed by atoms with Crippen LogP contribution in [0.25, 0.3) is 16.7 Å². The van der Waals surface area contributed by atoms with Crippen molar-refractivity contribution in [3.63, 3.8) is 0 Å². The Labute approximate surface area is 103 Å². The van der Waals surface area contributed by atoms with E-state index in [1.165, 1.54) is 6.07 Å². The molecule has 0 atom stereocenters. The number of fused-ring (bicyclic) bond motifs is 1. The molecule has 0 aliphatic carbocycles. The van der Waals surface area contributed by atoms with Crippen molar-refractivity contribution >= 4 is 11.0 Å². The first-order valence-electron chi connectivity index (χ1n) is 5.42. The maximum atomic E-state index is 13.6. The summed E-state index contributed by atoms with van der Waals surface area (Å²) in [5.41, 5.74) is 2.19. The highest BCUT2D eigenvalue weighted by Gasteiger charge is 2.11. The van der Waals surface area contributed by atoms with Crippen LogP contribution in [0.5, 0.6) is 0 Å². The predicted octanol–water partition coefficient (Wildman–Crippen LogP) is 3.04. The second-order valence-corrected chi connectivity index (χ2v) is 3.85. The predicted molar refractivity (Wildman–Crippen MR) is 65.7 cm³/mol. The first kappa shape index (κ1) is 10.5. The number of nitrogens with zero attached hydrogens (tertiary/aromatic N) is 3. The van der Waals surface area contributed by atoms with Gasteiger partial charge in [0.05, 0.1) is 16.7 Å². The molecule has 0 radical (unpaired) electrons. The number of para-hydroxylation sites is 2. The Morgan fingerprint density at radius 2 is 1.94 bits per heavy atom. The summed E-state index contributed by atoms with van der Waals surface area (Å²) in [5, 5.41) is 9.05. The van der Waals surface area contributed by atoms with Crippen molar-refractivity contribution in [1.82, 2.24) is 9.55 Å². The lowest BCUT2D eigenvalue weighted by molar-refractivity contribution is 0.622. The van der Waals surface area contributed by atoms with Crippen LogP contribution in [0.3, 0.4) is 0 Å². The lowest BCUT2D eigenvalue weighted by Gasteiger charge is -2.06. The van der Waals surface area contributed by atoms with Crippen molar-refractivity contribution in [2.75, 3.05) is 0 Å². The summed E-state index contributed by atoms with van der Waals surface area (Å²) in [6.45, 7) is 0. The highest BCUT2D eigenvalue weighted by atomic mass is 19.1. The van der Waals surface area contributed by atoms with Crippen LogP contribution in [0.4, 0.5) is 4.39 Å². The number of imidazole rings is 1. The molecular formula is C14H8FN3. The number of nitriles is 1. The van der Waals surface area contributed by atoms with Crippen molar-refractivity contribution < 1.29 is 4.39 Å². The van der Waals surface area contributed by atoms with E-state index in [-0.39, 0.29) is 5.56 Å². The zero-order valence-electron chi connectivity index (χ0n) is 9.34. The topological polar surface area (TPSA) is 41.6 Å². The molecule has 18 heavy (non-hydrogen) atoms. The van der Waals surface area contributed by atoms with Crippen LogP contribution < -0.4 is 0 Å². The number of benzene rings is 2. The van der Waals surface area contributed by atoms with Crippen molar-refractivity contribution in [1.29, 1.82) is 5.26 Å². The summed E-state index contributed by atoms with van der Waals surface area (Å²) >= 11 is 0. The van der Waals surface area contributed by atoms with Gasteiger partial charge in [-0.25, -0.2) is 9.37 Å². The number of hydrogen-bond donors (Lipinski definition) is 0. The number of hydrogen-bond acceptors (Lipinski definition) is 2. The van der Waals surface area contributed by atoms with Crippen LogP contribution in [0.1, 0.15) is 5.56 Å². The molecule has 3 rings (SSSR count). The molecule has 2 aromatic carbocycles. The first-order valence-corrected chi connectivity index (χ1v) is 5.42. The molecule has 0 amide bonds. The second kappa shape index (κ2) is 3.97. The third-order valence-electron chi connectivity index (χ3n) is 2.82. The smallest absolute Gasteiger partial charge is 0.143 e. The Kier molecular flexibility index (Phi) is 2.31. The molecule has 0 saturated carbocycles. The molecule has 0 spiro atoms. The zero-order valence-corrected chi connectivity index (χ0v) is 9.34. The average Bonchev–Trinajstić information content (AvgIpc) is 2.82. The standard InChI is InChI=1S/C14H8FN3/c15-11-4-3-7-13(10(11)8-16)18-9-17-12-5-1-2-6-14(12)18/h1-7,9H. The Morgan fingerprint density at radius 1 is 1.11 bits per heavy atom. The van der Waals surface area contributed by atoms with Crippen LogP contribution in [-0.4, -0.2) is 9.55 Å². The molecule has 4 heteroatoms. The second-order valence-electron chi connectivity index (χ2n) is 3.85. The average molecular weight is 237 g/mol. The summed E-state index contributed by atoms with van der Waals surface area (Å²) in [7, 11) is 0. The molecule has 0 N–H and O–H groups in total. The highest BCUT2D eigenvalue weighted by Crippen LogP contribution is 2.22. The maximum absolute atomic E-state index is 13.6. The van der Waals surface area contributed by atoms with Crippen molar-refractivity contribution in [3.05, 3.63) is 60.2 Å². The number of halogens is 1. The summed E-state index contributed by atoms with van der Waals surface area (Å²) in [6.07, 6.45) is 1.60. The van der Waals surface area contributed by atoms with E-state index in [0.717, 1.165) is 11.0 Å². The van der Waals surface area contributed by atoms with Crippen LogP contribution >= 0.6 is 0 Å². The third kappa shape index (κ3) is 1.45. The van der Waals surface area contributed by atoms with Gasteiger partial charge >= 0.3 is 0 Å². The van der Waals surface area contributed by atoms with Crippen molar-refractivity contribution in [2.24, 2.45) is 0 Å². The van der Waals surface area contributed by atoms with Gasteiger partial charge in [0, 0.05) is 0 Å². The molecule has 0 unspecified atom stereocenters. The molecule has 0 fully saturated rings. The normalized spacial score (nSPS) is 10.4. The highest BCUT2D eigenvalue weighted by molar-refractivity contribution is 5.77. The van der Waals surface area contributed by atoms with E-state index in [0.29, 0.717) is 5.69 Å². The Morgan fingerprint density at radius 3 is 2.78 bits per heavy atom. The summed E-state index contributed by atoms with van der Waals surface area (Å²) in [4.78, 5) is 4.23. The van der Waals surface area contributed by atoms with E-state index in [1.54, 1.807) is 23.0 Å². The van der Waals surface area contributed by atoms with Crippen LogP contribution in [0.2, 0.25) is 0 Å². The van der Waals surface area contributed by atoms with Crippen LogP contribution in [-0.2, 0) is 0 Å². The van der Waals surface area contributed by atoms with E-state index in [9.17, 15) is 4.39 Å². The fraction of sp³-hybridized carbons (Fsp3) is 0. The lowest BCUT2D eigenvalue weighted by atomic mass is 10.1. The number of aromatic nitrogens is 2. The summed E-state index contributed by atoms with van der Waals surface area (Å²) in [6, 6.07) is 14.0. The van der Waals surface area contributed by atoms with Gasteiger partial charge in [-0.1, -0.05) is 18.2 Å². The molecule has 1 heterocycles. The van der Waals surface area contributed by atoms with Gasteiger partial charge in [-0.05, 0) is 24.3 Å². The Hall–Kier alpha value is -2.67. The fourth-order valence-corrected chi connectivity index (χ4v) is 1.98. The van der Waals surface area contributed by atoms with Gasteiger partial charge in [0.2, 0.25) is 0 Å².